The van der Waals surface area contributed by atoms with E-state index in [1.54, 1.807) is 0 Å². The van der Waals surface area contributed by atoms with Crippen molar-refractivity contribution in [3.05, 3.63) is 24.3 Å². The number of carbonyl (C=O) groups excluding carboxylic acids is 2. The molecule has 368 valence electrons. The lowest BCUT2D eigenvalue weighted by molar-refractivity contribution is -0.332. The quantitative estimate of drug-likeness (QED) is 0.0216. The van der Waals surface area contributed by atoms with Crippen LogP contribution in [0.1, 0.15) is 174 Å². The van der Waals surface area contributed by atoms with Crippen molar-refractivity contribution < 1.29 is 73.8 Å². The summed E-state index contributed by atoms with van der Waals surface area (Å²) in [6, 6.07) is 0. The molecule has 0 aromatic rings. The van der Waals surface area contributed by atoms with Gasteiger partial charge in [-0.05, 0) is 64.2 Å². The van der Waals surface area contributed by atoms with Gasteiger partial charge in [0.25, 0.3) is 0 Å². The second-order valence-corrected chi connectivity index (χ2v) is 17.3. The molecule has 0 aliphatic carbocycles. The van der Waals surface area contributed by atoms with Gasteiger partial charge in [0.15, 0.2) is 18.7 Å². The molecule has 2 rings (SSSR count). The highest BCUT2D eigenvalue weighted by Gasteiger charge is 2.47. The Morgan fingerprint density at radius 3 is 1.43 bits per heavy atom. The third-order valence-electron chi connectivity index (χ3n) is 11.7. The Balaban J connectivity index is 1.83. The van der Waals surface area contributed by atoms with Crippen LogP contribution in [0.5, 0.6) is 0 Å². The monoisotopic (exact) mass is 903 g/mol. The maximum absolute atomic E-state index is 12.9. The smallest absolute Gasteiger partial charge is 0.306 e. The standard InChI is InChI=1S/C48H86O15/c1-3-5-7-9-11-13-15-17-18-19-21-22-24-26-28-30-39(50)58-33-36(61-40(51)31-29-27-25-23-20-16-14-12-10-8-6-4-2)34-59-47-46(57)44(55)42(53)38(63-47)35-60-48-45(56)43(54)41(52)37(32-49)62-48/h12-15,36-38,41-49,52-57H,3-11,16-35H2,1-2H3/b14-12+,15-13+/t36-,37-,38-,41+,42+,43?,44?,45?,46?,47-,48-/m1/s1. The Hall–Kier alpha value is -2.02. The topological polar surface area (TPSA) is 231 Å². The second-order valence-electron chi connectivity index (χ2n) is 17.3. The number of hydrogen-bond acceptors (Lipinski definition) is 15. The van der Waals surface area contributed by atoms with E-state index in [1.807, 2.05) is 0 Å². The average molecular weight is 903 g/mol. The van der Waals surface area contributed by atoms with E-state index in [1.165, 1.54) is 70.6 Å². The van der Waals surface area contributed by atoms with Gasteiger partial charge in [-0.15, -0.1) is 0 Å². The van der Waals surface area contributed by atoms with E-state index < -0.39 is 92.7 Å². The summed E-state index contributed by atoms with van der Waals surface area (Å²) in [5.74, 6) is -0.939. The van der Waals surface area contributed by atoms with Crippen molar-refractivity contribution in [3.8, 4) is 0 Å². The highest BCUT2D eigenvalue weighted by Crippen LogP contribution is 2.26. The summed E-state index contributed by atoms with van der Waals surface area (Å²) < 4.78 is 33.5. The first-order valence-corrected chi connectivity index (χ1v) is 24.4. The lowest BCUT2D eigenvalue weighted by Gasteiger charge is -2.42. The number of hydrogen-bond donors (Lipinski definition) is 7. The minimum atomic E-state index is -1.76. The third kappa shape index (κ3) is 24.9. The Kier molecular flexibility index (Phi) is 32.8. The summed E-state index contributed by atoms with van der Waals surface area (Å²) in [5.41, 5.74) is 0. The summed E-state index contributed by atoms with van der Waals surface area (Å²) in [6.07, 6.45) is 17.8. The molecule has 0 amide bonds. The first kappa shape index (κ1) is 57.1. The van der Waals surface area contributed by atoms with Gasteiger partial charge in [0.2, 0.25) is 0 Å². The first-order chi connectivity index (χ1) is 30.5. The van der Waals surface area contributed by atoms with E-state index in [0.717, 1.165) is 64.2 Å². The zero-order valence-electron chi connectivity index (χ0n) is 38.6. The molecule has 0 aromatic carbocycles. The van der Waals surface area contributed by atoms with Crippen molar-refractivity contribution in [2.24, 2.45) is 0 Å². The van der Waals surface area contributed by atoms with Crippen molar-refractivity contribution in [3.63, 3.8) is 0 Å². The number of aliphatic hydroxyl groups is 7. The predicted octanol–water partition coefficient (Wildman–Crippen LogP) is 5.99. The van der Waals surface area contributed by atoms with Crippen LogP contribution >= 0.6 is 0 Å². The first-order valence-electron chi connectivity index (χ1n) is 24.4. The molecule has 11 atom stereocenters. The van der Waals surface area contributed by atoms with Crippen LogP contribution < -0.4 is 0 Å². The van der Waals surface area contributed by atoms with E-state index in [-0.39, 0.29) is 26.1 Å². The molecule has 2 aliphatic heterocycles. The molecule has 0 aromatic heterocycles. The van der Waals surface area contributed by atoms with E-state index in [2.05, 4.69) is 38.2 Å². The van der Waals surface area contributed by atoms with E-state index >= 15 is 0 Å². The van der Waals surface area contributed by atoms with Gasteiger partial charge in [-0.25, -0.2) is 0 Å². The maximum atomic E-state index is 12.9. The molecule has 0 spiro atoms. The van der Waals surface area contributed by atoms with Gasteiger partial charge in [-0.1, -0.05) is 122 Å². The molecule has 2 saturated heterocycles. The lowest BCUT2D eigenvalue weighted by Crippen LogP contribution is -2.61. The minimum Gasteiger partial charge on any atom is -0.462 e. The predicted molar refractivity (Wildman–Crippen MR) is 238 cm³/mol. The number of aliphatic hydroxyl groups excluding tert-OH is 7. The molecule has 0 radical (unpaired) electrons. The fraction of sp³-hybridized carbons (Fsp3) is 0.875. The van der Waals surface area contributed by atoms with Gasteiger partial charge in [0.05, 0.1) is 19.8 Å². The van der Waals surface area contributed by atoms with Crippen LogP contribution in [0.4, 0.5) is 0 Å². The summed E-state index contributed by atoms with van der Waals surface area (Å²) in [6.45, 7) is 2.53. The highest BCUT2D eigenvalue weighted by atomic mass is 16.7. The molecule has 2 aliphatic rings. The Morgan fingerprint density at radius 1 is 0.492 bits per heavy atom. The minimum absolute atomic E-state index is 0.155. The number of allylic oxidation sites excluding steroid dienone is 4. The van der Waals surface area contributed by atoms with Gasteiger partial charge >= 0.3 is 11.9 Å². The summed E-state index contributed by atoms with van der Waals surface area (Å²) in [5, 5.41) is 71.9. The van der Waals surface area contributed by atoms with Crippen LogP contribution in [0.3, 0.4) is 0 Å². The summed E-state index contributed by atoms with van der Waals surface area (Å²) in [4.78, 5) is 25.7. The molecular weight excluding hydrogens is 817 g/mol. The zero-order valence-corrected chi connectivity index (χ0v) is 38.6. The van der Waals surface area contributed by atoms with Gasteiger partial charge in [0.1, 0.15) is 55.4 Å². The molecule has 0 saturated carbocycles. The van der Waals surface area contributed by atoms with Crippen LogP contribution in [0.2, 0.25) is 0 Å². The van der Waals surface area contributed by atoms with Crippen molar-refractivity contribution in [1.29, 1.82) is 0 Å². The SMILES string of the molecule is CCCCC/C=C/CCCCCCCC(=O)O[C@H](COC(=O)CCCCCCCCC/C=C/CCCCCC)CO[C@@H]1O[C@H](CO[C@@H]2O[C@H](CO)[C@H](O)C(O)C2O)[C@H](O)C(O)C1O. The van der Waals surface area contributed by atoms with Gasteiger partial charge in [0, 0.05) is 12.8 Å². The lowest BCUT2D eigenvalue weighted by atomic mass is 9.98. The number of carbonyl (C=O) groups is 2. The van der Waals surface area contributed by atoms with Gasteiger partial charge in [-0.3, -0.25) is 9.59 Å². The van der Waals surface area contributed by atoms with Crippen molar-refractivity contribution >= 4 is 11.9 Å². The fourth-order valence-corrected chi connectivity index (χ4v) is 7.56. The van der Waals surface area contributed by atoms with E-state index in [4.69, 9.17) is 28.4 Å². The molecule has 2 heterocycles. The van der Waals surface area contributed by atoms with Gasteiger partial charge in [-0.2, -0.15) is 0 Å². The third-order valence-corrected chi connectivity index (χ3v) is 11.7. The maximum Gasteiger partial charge on any atom is 0.306 e. The van der Waals surface area contributed by atoms with Gasteiger partial charge < -0.3 is 64.2 Å². The van der Waals surface area contributed by atoms with Crippen molar-refractivity contribution in [2.75, 3.05) is 26.4 Å². The average Bonchev–Trinajstić information content (AvgIpc) is 3.28. The van der Waals surface area contributed by atoms with Crippen molar-refractivity contribution in [1.82, 2.24) is 0 Å². The number of rotatable bonds is 37. The van der Waals surface area contributed by atoms with E-state index in [9.17, 15) is 45.3 Å². The number of unbranched alkanes of at least 4 members (excludes halogenated alkanes) is 19. The molecule has 2 fully saturated rings. The van der Waals surface area contributed by atoms with Crippen LogP contribution in [0.15, 0.2) is 24.3 Å². The summed E-state index contributed by atoms with van der Waals surface area (Å²) in [7, 11) is 0. The molecule has 0 bridgehead atoms. The highest BCUT2D eigenvalue weighted by molar-refractivity contribution is 5.70. The van der Waals surface area contributed by atoms with Crippen molar-refractivity contribution in [2.45, 2.75) is 242 Å². The fourth-order valence-electron chi connectivity index (χ4n) is 7.56. The molecule has 7 N–H and O–H groups in total. The Bertz CT molecular complexity index is 1200. The molecule has 15 nitrogen and oxygen atoms in total. The van der Waals surface area contributed by atoms with Crippen LogP contribution in [0, 0.1) is 0 Å². The molecule has 15 heteroatoms. The Morgan fingerprint density at radius 2 is 0.905 bits per heavy atom. The van der Waals surface area contributed by atoms with Crippen LogP contribution in [-0.2, 0) is 38.0 Å². The molecule has 63 heavy (non-hydrogen) atoms. The van der Waals surface area contributed by atoms with Crippen LogP contribution in [0.25, 0.3) is 0 Å². The van der Waals surface area contributed by atoms with E-state index in [0.29, 0.717) is 12.8 Å². The number of ether oxygens (including phenoxy) is 6. The summed E-state index contributed by atoms with van der Waals surface area (Å²) >= 11 is 0. The second kappa shape index (κ2) is 36.1. The molecule has 4 unspecified atom stereocenters. The number of esters is 2. The largest absolute Gasteiger partial charge is 0.462 e. The Labute approximate surface area is 377 Å². The molecular formula is C48H86O15. The van der Waals surface area contributed by atoms with Crippen LogP contribution in [-0.4, -0.2) is 142 Å². The normalized spacial score (nSPS) is 27.0. The zero-order chi connectivity index (χ0) is 46.1.